The Kier molecular flexibility index (Phi) is 5.68. The molecule has 7 nitrogen and oxygen atoms in total. The van der Waals surface area contributed by atoms with Crippen LogP contribution in [0.25, 0.3) is 21.8 Å². The van der Waals surface area contributed by atoms with Crippen molar-refractivity contribution in [2.45, 2.75) is 32.7 Å². The summed E-state index contributed by atoms with van der Waals surface area (Å²) in [5, 5.41) is 5.49. The van der Waals surface area contributed by atoms with Crippen LogP contribution in [-0.4, -0.2) is 33.0 Å². The molecule has 1 N–H and O–H groups in total. The minimum atomic E-state index is -0.166. The van der Waals surface area contributed by atoms with Crippen LogP contribution in [0.2, 0.25) is 0 Å². The lowest BCUT2D eigenvalue weighted by molar-refractivity contribution is 0.275. The van der Waals surface area contributed by atoms with Gasteiger partial charge in [0.05, 0.1) is 16.6 Å². The number of fused-ring (bicyclic) bond motifs is 2. The summed E-state index contributed by atoms with van der Waals surface area (Å²) in [7, 11) is 0. The highest BCUT2D eigenvalue weighted by molar-refractivity contribution is 5.92. The van der Waals surface area contributed by atoms with Crippen molar-refractivity contribution in [2.75, 3.05) is 11.9 Å². The van der Waals surface area contributed by atoms with Gasteiger partial charge in [0.25, 0.3) is 0 Å². The van der Waals surface area contributed by atoms with Crippen LogP contribution in [0.3, 0.4) is 0 Å². The van der Waals surface area contributed by atoms with E-state index < -0.39 is 0 Å². The minimum absolute atomic E-state index is 0.166. The maximum Gasteiger partial charge on any atom is 0.188 e. The van der Waals surface area contributed by atoms with Gasteiger partial charge in [-0.3, -0.25) is 4.98 Å². The number of benzene rings is 3. The standard InChI is InChI=1S/C30H27N5O2/c1-19-13-22(8-11-27(19)37-23-9-7-21-5-4-12-31-26(21)16-23)34-29-24-14-20(6-10-25(24)32-18-33-29)15-28-35-30(2,3)17-36-28/h4-14,16,18H,15,17H2,1-3H3,(H,32,33,34). The van der Waals surface area contributed by atoms with Gasteiger partial charge in [-0.15, -0.1) is 0 Å². The van der Waals surface area contributed by atoms with Gasteiger partial charge in [-0.1, -0.05) is 12.1 Å². The molecule has 0 spiro atoms. The molecule has 3 heterocycles. The number of rotatable bonds is 6. The number of hydrogen-bond acceptors (Lipinski definition) is 7. The molecule has 37 heavy (non-hydrogen) atoms. The van der Waals surface area contributed by atoms with Gasteiger partial charge in [0.15, 0.2) is 5.90 Å². The van der Waals surface area contributed by atoms with Gasteiger partial charge >= 0.3 is 0 Å². The lowest BCUT2D eigenvalue weighted by Gasteiger charge is -2.13. The second kappa shape index (κ2) is 9.17. The molecule has 0 unspecified atom stereocenters. The van der Waals surface area contributed by atoms with Crippen LogP contribution >= 0.6 is 0 Å². The Morgan fingerprint density at radius 1 is 0.946 bits per heavy atom. The predicted octanol–water partition coefficient (Wildman–Crippen LogP) is 6.77. The van der Waals surface area contributed by atoms with E-state index in [-0.39, 0.29) is 5.54 Å². The van der Waals surface area contributed by atoms with E-state index in [4.69, 9.17) is 9.47 Å². The molecule has 0 aliphatic carbocycles. The van der Waals surface area contributed by atoms with Crippen LogP contribution in [0.4, 0.5) is 11.5 Å². The Bertz CT molecular complexity index is 1660. The molecule has 5 aromatic rings. The average molecular weight is 490 g/mol. The molecule has 7 heteroatoms. The van der Waals surface area contributed by atoms with Crippen molar-refractivity contribution in [3.63, 3.8) is 0 Å². The molecule has 0 fully saturated rings. The van der Waals surface area contributed by atoms with Gasteiger partial charge in [-0.25, -0.2) is 15.0 Å². The summed E-state index contributed by atoms with van der Waals surface area (Å²) in [6, 6.07) is 22.1. The molecule has 0 bridgehead atoms. The van der Waals surface area contributed by atoms with Crippen molar-refractivity contribution < 1.29 is 9.47 Å². The topological polar surface area (TPSA) is 81.5 Å². The Morgan fingerprint density at radius 2 is 1.86 bits per heavy atom. The van der Waals surface area contributed by atoms with Crippen molar-refractivity contribution >= 4 is 39.2 Å². The second-order valence-electron chi connectivity index (χ2n) is 9.92. The summed E-state index contributed by atoms with van der Waals surface area (Å²) in [4.78, 5) is 18.1. The number of nitrogens with one attached hydrogen (secondary N) is 1. The highest BCUT2D eigenvalue weighted by Crippen LogP contribution is 2.31. The van der Waals surface area contributed by atoms with Gasteiger partial charge in [-0.2, -0.15) is 0 Å². The minimum Gasteiger partial charge on any atom is -0.478 e. The Hall–Kier alpha value is -4.52. The van der Waals surface area contributed by atoms with Crippen molar-refractivity contribution in [3.05, 3.63) is 90.4 Å². The second-order valence-corrected chi connectivity index (χ2v) is 9.92. The van der Waals surface area contributed by atoms with Crippen LogP contribution in [-0.2, 0) is 11.2 Å². The summed E-state index contributed by atoms with van der Waals surface area (Å²) < 4.78 is 12.0. The molecular formula is C30H27N5O2. The molecule has 0 radical (unpaired) electrons. The zero-order valence-electron chi connectivity index (χ0n) is 21.0. The van der Waals surface area contributed by atoms with Crippen molar-refractivity contribution in [1.82, 2.24) is 15.0 Å². The number of anilines is 2. The van der Waals surface area contributed by atoms with Crippen LogP contribution in [0.5, 0.6) is 11.5 Å². The van der Waals surface area contributed by atoms with Crippen molar-refractivity contribution in [3.8, 4) is 11.5 Å². The van der Waals surface area contributed by atoms with Crippen LogP contribution < -0.4 is 10.1 Å². The highest BCUT2D eigenvalue weighted by Gasteiger charge is 2.26. The summed E-state index contributed by atoms with van der Waals surface area (Å²) in [6.45, 7) is 6.80. The van der Waals surface area contributed by atoms with Crippen molar-refractivity contribution in [2.24, 2.45) is 4.99 Å². The summed E-state index contributed by atoms with van der Waals surface area (Å²) in [6.07, 6.45) is 4.01. The molecule has 0 saturated heterocycles. The first kappa shape index (κ1) is 22.9. The Labute approximate surface area is 215 Å². The van der Waals surface area contributed by atoms with E-state index in [0.29, 0.717) is 13.0 Å². The Morgan fingerprint density at radius 3 is 2.70 bits per heavy atom. The van der Waals surface area contributed by atoms with Crippen LogP contribution in [0.15, 0.2) is 84.2 Å². The van der Waals surface area contributed by atoms with Gasteiger partial charge in [-0.05, 0) is 80.4 Å². The lowest BCUT2D eigenvalue weighted by atomic mass is 10.1. The molecule has 184 valence electrons. The van der Waals surface area contributed by atoms with E-state index in [9.17, 15) is 0 Å². The fraction of sp³-hybridized carbons (Fsp3) is 0.200. The van der Waals surface area contributed by atoms with Crippen molar-refractivity contribution in [1.29, 1.82) is 0 Å². The fourth-order valence-corrected chi connectivity index (χ4v) is 4.46. The number of nitrogens with zero attached hydrogens (tertiary/aromatic N) is 4. The first-order valence-electron chi connectivity index (χ1n) is 12.3. The number of aryl methyl sites for hydroxylation is 1. The van der Waals surface area contributed by atoms with Crippen LogP contribution in [0.1, 0.15) is 25.0 Å². The zero-order chi connectivity index (χ0) is 25.4. The van der Waals surface area contributed by atoms with E-state index in [1.165, 1.54) is 0 Å². The van der Waals surface area contributed by atoms with Crippen LogP contribution in [0, 0.1) is 6.92 Å². The van der Waals surface area contributed by atoms with E-state index >= 15 is 0 Å². The maximum absolute atomic E-state index is 6.17. The molecule has 1 aliphatic rings. The fourth-order valence-electron chi connectivity index (χ4n) is 4.46. The SMILES string of the molecule is Cc1cc(Nc2ncnc3ccc(CC4=NC(C)(C)CO4)cc23)ccc1Oc1ccc2cccnc2c1. The predicted molar refractivity (Wildman–Crippen MR) is 147 cm³/mol. The first-order valence-corrected chi connectivity index (χ1v) is 12.3. The Balaban J connectivity index is 1.23. The van der Waals surface area contributed by atoms with E-state index in [1.54, 1.807) is 12.5 Å². The summed E-state index contributed by atoms with van der Waals surface area (Å²) >= 11 is 0. The smallest absolute Gasteiger partial charge is 0.188 e. The molecule has 1 aliphatic heterocycles. The largest absolute Gasteiger partial charge is 0.478 e. The molecular weight excluding hydrogens is 462 g/mol. The summed E-state index contributed by atoms with van der Waals surface area (Å²) in [5.74, 6) is 3.05. The summed E-state index contributed by atoms with van der Waals surface area (Å²) in [5.41, 5.74) is 4.64. The van der Waals surface area contributed by atoms with Gasteiger partial charge in [0.1, 0.15) is 30.3 Å². The molecule has 3 aromatic carbocycles. The molecule has 0 saturated carbocycles. The van der Waals surface area contributed by atoms with E-state index in [1.807, 2.05) is 55.5 Å². The van der Waals surface area contributed by atoms with Gasteiger partial charge in [0.2, 0.25) is 0 Å². The third-order valence-electron chi connectivity index (χ3n) is 6.32. The number of aliphatic imine (C=N–C) groups is 1. The van der Waals surface area contributed by atoms with E-state index in [0.717, 1.165) is 61.8 Å². The monoisotopic (exact) mass is 489 g/mol. The number of hydrogen-bond donors (Lipinski definition) is 1. The molecule has 0 atom stereocenters. The first-order chi connectivity index (χ1) is 17.9. The molecule has 0 amide bonds. The van der Waals surface area contributed by atoms with Gasteiger partial charge in [0, 0.05) is 35.1 Å². The normalized spacial score (nSPS) is 14.4. The quantitative estimate of drug-likeness (QED) is 0.283. The van der Waals surface area contributed by atoms with E-state index in [2.05, 4.69) is 57.3 Å². The maximum atomic E-state index is 6.17. The van der Waals surface area contributed by atoms with Gasteiger partial charge < -0.3 is 14.8 Å². The zero-order valence-corrected chi connectivity index (χ0v) is 21.0. The third kappa shape index (κ3) is 4.93. The number of ether oxygens (including phenoxy) is 2. The number of pyridine rings is 1. The molecule has 6 rings (SSSR count). The average Bonchev–Trinajstić information content (AvgIpc) is 3.23. The molecule has 2 aromatic heterocycles. The third-order valence-corrected chi connectivity index (χ3v) is 6.32. The highest BCUT2D eigenvalue weighted by atomic mass is 16.5. The lowest BCUT2D eigenvalue weighted by Crippen LogP contribution is -2.17. The number of aromatic nitrogens is 3.